The van der Waals surface area contributed by atoms with Gasteiger partial charge in [0.05, 0.1) is 18.8 Å². The Morgan fingerprint density at radius 2 is 2.25 bits per heavy atom. The van der Waals surface area contributed by atoms with Gasteiger partial charge in [-0.25, -0.2) is 9.78 Å². The van der Waals surface area contributed by atoms with Crippen molar-refractivity contribution in [3.05, 3.63) is 36.3 Å². The highest BCUT2D eigenvalue weighted by Gasteiger charge is 2.92. The van der Waals surface area contributed by atoms with E-state index in [1.54, 1.807) is 18.5 Å². The molecule has 2 aromatic rings. The molecule has 0 radical (unpaired) electrons. The lowest BCUT2D eigenvalue weighted by Gasteiger charge is -2.38. The smallest absolute Gasteiger partial charge is 0.410 e. The number of nitrogens with zero attached hydrogens (tertiary/aromatic N) is 3. The molecule has 28 heavy (non-hydrogen) atoms. The van der Waals surface area contributed by atoms with E-state index in [1.165, 1.54) is 0 Å². The average molecular weight is 382 g/mol. The molecule has 1 N–H and O–H groups in total. The molecule has 0 aromatic carbocycles. The third-order valence-electron chi connectivity index (χ3n) is 7.02. The Morgan fingerprint density at radius 3 is 3.00 bits per heavy atom. The van der Waals surface area contributed by atoms with Gasteiger partial charge in [-0.15, -0.1) is 0 Å². The van der Waals surface area contributed by atoms with E-state index in [1.807, 2.05) is 28.5 Å². The zero-order valence-corrected chi connectivity index (χ0v) is 15.6. The minimum atomic E-state index is -0.461. The van der Waals surface area contributed by atoms with Crippen molar-refractivity contribution in [1.82, 2.24) is 19.6 Å². The molecular weight excluding hydrogens is 360 g/mol. The second kappa shape index (κ2) is 5.26. The van der Waals surface area contributed by atoms with Gasteiger partial charge in [0.15, 0.2) is 5.60 Å². The molecular formula is C20H22N4O4. The maximum Gasteiger partial charge on any atom is 0.410 e. The minimum absolute atomic E-state index is 0.0774. The predicted molar refractivity (Wildman–Crippen MR) is 97.8 cm³/mol. The minimum Gasteiger partial charge on any atom is -0.438 e. The van der Waals surface area contributed by atoms with Gasteiger partial charge in [-0.1, -0.05) is 0 Å². The highest BCUT2D eigenvalue weighted by Crippen LogP contribution is 2.87. The predicted octanol–water partition coefficient (Wildman–Crippen LogP) is 1.31. The summed E-state index contributed by atoms with van der Waals surface area (Å²) in [5.74, 6) is 1.10. The summed E-state index contributed by atoms with van der Waals surface area (Å²) < 4.78 is 12.6. The maximum atomic E-state index is 12.5. The largest absolute Gasteiger partial charge is 0.438 e. The van der Waals surface area contributed by atoms with Gasteiger partial charge >= 0.3 is 6.09 Å². The number of hydrogen-bond donors (Lipinski definition) is 1. The first-order valence-corrected chi connectivity index (χ1v) is 9.80. The van der Waals surface area contributed by atoms with Crippen molar-refractivity contribution in [2.75, 3.05) is 26.3 Å². The molecule has 3 saturated heterocycles. The fourth-order valence-electron chi connectivity index (χ4n) is 5.41. The van der Waals surface area contributed by atoms with Crippen LogP contribution in [0.5, 0.6) is 0 Å². The molecule has 5 aliphatic rings. The molecule has 3 aliphatic heterocycles. The van der Waals surface area contributed by atoms with Crippen LogP contribution in [0.3, 0.4) is 0 Å². The molecule has 2 saturated carbocycles. The summed E-state index contributed by atoms with van der Waals surface area (Å²) in [6, 6.07) is 3.93. The number of ether oxygens (including phenoxy) is 2. The number of carbonyl (C=O) groups excluding carboxylic acids is 2. The van der Waals surface area contributed by atoms with Crippen LogP contribution in [0.1, 0.15) is 23.7 Å². The fraction of sp³-hybridized carbons (Fsp3) is 0.550. The van der Waals surface area contributed by atoms with E-state index in [0.29, 0.717) is 43.2 Å². The number of imidazole rings is 1. The van der Waals surface area contributed by atoms with E-state index in [9.17, 15) is 9.59 Å². The number of pyridine rings is 1. The second-order valence-electron chi connectivity index (χ2n) is 8.77. The molecule has 2 aliphatic carbocycles. The van der Waals surface area contributed by atoms with E-state index < -0.39 is 5.60 Å². The van der Waals surface area contributed by atoms with Crippen LogP contribution in [0.15, 0.2) is 30.7 Å². The number of rotatable bonds is 5. The van der Waals surface area contributed by atoms with Crippen LogP contribution in [0, 0.1) is 17.3 Å². The van der Waals surface area contributed by atoms with Crippen LogP contribution in [0.25, 0.3) is 5.65 Å². The van der Waals surface area contributed by atoms with Gasteiger partial charge in [-0.05, 0) is 37.3 Å². The Bertz CT molecular complexity index is 993. The highest BCUT2D eigenvalue weighted by atomic mass is 16.6. The summed E-state index contributed by atoms with van der Waals surface area (Å²) in [5, 5.41) is 3.02. The number of nitrogens with one attached hydrogen (secondary N) is 1. The SMILES string of the molecule is CC1(OC(=O)N2C[C@@H]3[C@@H]4C2[C@@]34CCNC(=O)c2ccc3nccn3c2)COC1. The fourth-order valence-corrected chi connectivity index (χ4v) is 5.41. The van der Waals surface area contributed by atoms with Gasteiger partial charge in [0.25, 0.3) is 5.91 Å². The zero-order chi connectivity index (χ0) is 19.1. The normalized spacial score (nSPS) is 33.2. The lowest BCUT2D eigenvalue weighted by atomic mass is 10.0. The van der Waals surface area contributed by atoms with Crippen molar-refractivity contribution in [3.63, 3.8) is 0 Å². The number of piperidine rings is 1. The molecule has 4 atom stereocenters. The van der Waals surface area contributed by atoms with Gasteiger partial charge in [0.2, 0.25) is 0 Å². The van der Waals surface area contributed by atoms with Crippen molar-refractivity contribution in [3.8, 4) is 0 Å². The first-order valence-electron chi connectivity index (χ1n) is 9.80. The topological polar surface area (TPSA) is 85.2 Å². The molecule has 146 valence electrons. The van der Waals surface area contributed by atoms with Crippen molar-refractivity contribution < 1.29 is 19.1 Å². The summed E-state index contributed by atoms with van der Waals surface area (Å²) in [7, 11) is 0. The van der Waals surface area contributed by atoms with Gasteiger partial charge in [-0.3, -0.25) is 4.79 Å². The average Bonchev–Trinajstić information content (AvgIpc) is 3.18. The first-order chi connectivity index (χ1) is 13.5. The molecule has 8 heteroatoms. The Balaban J connectivity index is 1.03. The zero-order valence-electron chi connectivity index (χ0n) is 15.6. The van der Waals surface area contributed by atoms with Crippen LogP contribution in [0.2, 0.25) is 0 Å². The number of fused-ring (bicyclic) bond motifs is 2. The quantitative estimate of drug-likeness (QED) is 0.843. The molecule has 7 rings (SSSR count). The van der Waals surface area contributed by atoms with E-state index in [0.717, 1.165) is 18.6 Å². The highest BCUT2D eigenvalue weighted by molar-refractivity contribution is 5.94. The first kappa shape index (κ1) is 16.4. The third-order valence-corrected chi connectivity index (χ3v) is 7.02. The van der Waals surface area contributed by atoms with Gasteiger partial charge in [0.1, 0.15) is 5.65 Å². The van der Waals surface area contributed by atoms with Crippen LogP contribution >= 0.6 is 0 Å². The van der Waals surface area contributed by atoms with Crippen molar-refractivity contribution in [2.45, 2.75) is 25.0 Å². The second-order valence-corrected chi connectivity index (χ2v) is 8.77. The molecule has 8 nitrogen and oxygen atoms in total. The number of carbonyl (C=O) groups is 2. The van der Waals surface area contributed by atoms with E-state index in [2.05, 4.69) is 10.3 Å². The molecule has 5 heterocycles. The monoisotopic (exact) mass is 382 g/mol. The number of hydrogen-bond acceptors (Lipinski definition) is 5. The van der Waals surface area contributed by atoms with Crippen LogP contribution in [0.4, 0.5) is 4.79 Å². The van der Waals surface area contributed by atoms with E-state index in [4.69, 9.17) is 9.47 Å². The van der Waals surface area contributed by atoms with E-state index >= 15 is 0 Å². The Morgan fingerprint density at radius 1 is 1.39 bits per heavy atom. The molecule has 0 spiro atoms. The molecule has 1 unspecified atom stereocenters. The number of amides is 2. The lowest BCUT2D eigenvalue weighted by Crippen LogP contribution is -2.52. The summed E-state index contributed by atoms with van der Waals surface area (Å²) in [5.41, 5.74) is 1.20. The van der Waals surface area contributed by atoms with Crippen molar-refractivity contribution in [2.24, 2.45) is 17.3 Å². The van der Waals surface area contributed by atoms with Crippen LogP contribution in [-0.4, -0.2) is 64.2 Å². The molecule has 2 amide bonds. The molecule has 5 fully saturated rings. The number of aromatic nitrogens is 2. The van der Waals surface area contributed by atoms with E-state index in [-0.39, 0.29) is 17.4 Å². The molecule has 2 bridgehead atoms. The Labute approximate surface area is 161 Å². The Hall–Kier alpha value is -2.61. The van der Waals surface area contributed by atoms with Crippen molar-refractivity contribution in [1.29, 1.82) is 0 Å². The Kier molecular flexibility index (Phi) is 3.07. The summed E-state index contributed by atoms with van der Waals surface area (Å²) >= 11 is 0. The third kappa shape index (κ3) is 2.12. The van der Waals surface area contributed by atoms with Crippen LogP contribution in [-0.2, 0) is 9.47 Å². The molecule has 2 aromatic heterocycles. The summed E-state index contributed by atoms with van der Waals surface area (Å²) in [6.07, 6.45) is 6.03. The maximum absolute atomic E-state index is 12.5. The summed E-state index contributed by atoms with van der Waals surface area (Å²) in [6.45, 7) is 4.28. The summed E-state index contributed by atoms with van der Waals surface area (Å²) in [4.78, 5) is 31.0. The standard InChI is InChI=1S/C20H22N4O4/c1-19(10-27-11-19)28-18(26)24-9-13-15-16(24)20(13,15)4-5-22-17(25)12-2-3-14-21-6-7-23(14)8-12/h2-3,6-8,13,15-16H,4-5,9-11H2,1H3,(H,22,25)/t13-,15-,16?,20+/m1/s1. The lowest BCUT2D eigenvalue weighted by molar-refractivity contribution is -0.171. The van der Waals surface area contributed by atoms with Gasteiger partial charge in [-0.2, -0.15) is 0 Å². The van der Waals surface area contributed by atoms with Gasteiger partial charge < -0.3 is 24.1 Å². The van der Waals surface area contributed by atoms with Gasteiger partial charge in [0, 0.05) is 43.1 Å². The van der Waals surface area contributed by atoms with Crippen molar-refractivity contribution >= 4 is 17.6 Å². The van der Waals surface area contributed by atoms with Crippen LogP contribution < -0.4 is 5.32 Å².